The van der Waals surface area contributed by atoms with E-state index >= 15 is 0 Å². The van der Waals surface area contributed by atoms with E-state index in [4.69, 9.17) is 5.11 Å². The number of halogens is 4. The van der Waals surface area contributed by atoms with Crippen molar-refractivity contribution in [3.8, 4) is 11.1 Å². The quantitative estimate of drug-likeness (QED) is 0.561. The standard InChI is InChI=1S/C24H26F4N4O/c1-30-15-22(29-17-30)16-32-12-10-31(11-13-32)14-18-2-4-19(5-3-18)20-6-8-21(9-7-20)23(25,33)24(26,27)28/h2-9,15,17,33H,10-14,16H2,1H3. The zero-order chi connectivity index (χ0) is 23.6. The number of aliphatic hydroxyl groups is 1. The smallest absolute Gasteiger partial charge is 0.351 e. The third kappa shape index (κ3) is 5.43. The first-order valence-electron chi connectivity index (χ1n) is 10.7. The second-order valence-electron chi connectivity index (χ2n) is 8.48. The van der Waals surface area contributed by atoms with Crippen LogP contribution in [0.5, 0.6) is 0 Å². The molecule has 0 aliphatic carbocycles. The van der Waals surface area contributed by atoms with Gasteiger partial charge in [0.25, 0.3) is 0 Å². The van der Waals surface area contributed by atoms with Gasteiger partial charge in [-0.15, -0.1) is 0 Å². The molecule has 1 unspecified atom stereocenters. The lowest BCUT2D eigenvalue weighted by atomic mass is 9.99. The van der Waals surface area contributed by atoms with Crippen molar-refractivity contribution in [1.82, 2.24) is 19.4 Å². The largest absolute Gasteiger partial charge is 0.453 e. The fourth-order valence-corrected chi connectivity index (χ4v) is 3.99. The van der Waals surface area contributed by atoms with Gasteiger partial charge in [0.2, 0.25) is 0 Å². The van der Waals surface area contributed by atoms with E-state index in [0.29, 0.717) is 5.56 Å². The molecule has 33 heavy (non-hydrogen) atoms. The van der Waals surface area contributed by atoms with Crippen LogP contribution in [0.4, 0.5) is 17.6 Å². The molecule has 4 rings (SSSR count). The Bertz CT molecular complexity index is 1050. The van der Waals surface area contributed by atoms with Crippen LogP contribution in [0.25, 0.3) is 11.1 Å². The Kier molecular flexibility index (Phi) is 6.56. The monoisotopic (exact) mass is 462 g/mol. The van der Waals surface area contributed by atoms with Crippen LogP contribution in [0, 0.1) is 0 Å². The Morgan fingerprint density at radius 3 is 1.82 bits per heavy atom. The van der Waals surface area contributed by atoms with Gasteiger partial charge >= 0.3 is 12.0 Å². The number of imidazole rings is 1. The summed E-state index contributed by atoms with van der Waals surface area (Å²) in [5, 5.41) is 9.16. The Morgan fingerprint density at radius 1 is 0.818 bits per heavy atom. The highest BCUT2D eigenvalue weighted by Crippen LogP contribution is 2.40. The van der Waals surface area contributed by atoms with Crippen molar-refractivity contribution in [2.45, 2.75) is 25.1 Å². The molecule has 1 saturated heterocycles. The van der Waals surface area contributed by atoms with E-state index in [2.05, 4.69) is 14.8 Å². The summed E-state index contributed by atoms with van der Waals surface area (Å²) in [6, 6.07) is 12.4. The lowest BCUT2D eigenvalue weighted by molar-refractivity contribution is -0.323. The molecular weight excluding hydrogens is 436 g/mol. The number of hydrogen-bond donors (Lipinski definition) is 1. The van der Waals surface area contributed by atoms with Crippen LogP contribution in [0.1, 0.15) is 16.8 Å². The summed E-state index contributed by atoms with van der Waals surface area (Å²) in [5.41, 5.74) is 2.83. The van der Waals surface area contributed by atoms with Crippen LogP contribution in [0.3, 0.4) is 0 Å². The van der Waals surface area contributed by atoms with Crippen molar-refractivity contribution in [2.75, 3.05) is 26.2 Å². The molecule has 1 aliphatic rings. The molecule has 1 aromatic heterocycles. The number of nitrogens with zero attached hydrogens (tertiary/aromatic N) is 4. The highest BCUT2D eigenvalue weighted by Gasteiger charge is 2.56. The second kappa shape index (κ2) is 9.24. The molecule has 0 radical (unpaired) electrons. The summed E-state index contributed by atoms with van der Waals surface area (Å²) in [5.74, 6) is -4.36. The minimum atomic E-state index is -5.39. The van der Waals surface area contributed by atoms with Gasteiger partial charge < -0.3 is 9.67 Å². The molecule has 176 valence electrons. The molecule has 1 fully saturated rings. The van der Waals surface area contributed by atoms with Crippen LogP contribution in [0.15, 0.2) is 61.1 Å². The maximum absolute atomic E-state index is 13.7. The van der Waals surface area contributed by atoms with Crippen molar-refractivity contribution < 1.29 is 22.7 Å². The van der Waals surface area contributed by atoms with Gasteiger partial charge in [-0.3, -0.25) is 9.80 Å². The third-order valence-electron chi connectivity index (χ3n) is 5.95. The maximum atomic E-state index is 13.7. The molecular formula is C24H26F4N4O. The van der Waals surface area contributed by atoms with Crippen molar-refractivity contribution in [1.29, 1.82) is 0 Å². The summed E-state index contributed by atoms with van der Waals surface area (Å²) in [4.78, 5) is 9.16. The van der Waals surface area contributed by atoms with Crippen molar-refractivity contribution >= 4 is 0 Å². The summed E-state index contributed by atoms with van der Waals surface area (Å²) in [7, 11) is 1.96. The minimum Gasteiger partial charge on any atom is -0.351 e. The fourth-order valence-electron chi connectivity index (χ4n) is 3.99. The normalized spacial score (nSPS) is 17.8. The molecule has 5 nitrogen and oxygen atoms in total. The first-order valence-corrected chi connectivity index (χ1v) is 10.7. The van der Waals surface area contributed by atoms with Crippen LogP contribution >= 0.6 is 0 Å². The molecule has 1 N–H and O–H groups in total. The molecule has 1 atom stereocenters. The molecule has 0 spiro atoms. The van der Waals surface area contributed by atoms with Gasteiger partial charge in [0.05, 0.1) is 12.0 Å². The second-order valence-corrected chi connectivity index (χ2v) is 8.48. The first-order chi connectivity index (χ1) is 15.6. The van der Waals surface area contributed by atoms with Gasteiger partial charge in [0.15, 0.2) is 0 Å². The minimum absolute atomic E-state index is 0.645. The van der Waals surface area contributed by atoms with Crippen LogP contribution in [-0.2, 0) is 26.0 Å². The number of piperazine rings is 1. The number of benzene rings is 2. The SMILES string of the molecule is Cn1cnc(CN2CCN(Cc3ccc(-c4ccc(C(O)(F)C(F)(F)F)cc4)cc3)CC2)c1. The van der Waals surface area contributed by atoms with Gasteiger partial charge in [0, 0.05) is 58.1 Å². The Labute approximate surface area is 189 Å². The van der Waals surface area contributed by atoms with Gasteiger partial charge in [-0.25, -0.2) is 4.98 Å². The number of rotatable bonds is 6. The number of hydrogen-bond acceptors (Lipinski definition) is 4. The van der Waals surface area contributed by atoms with Gasteiger partial charge in [-0.05, 0) is 16.7 Å². The van der Waals surface area contributed by atoms with Crippen LogP contribution in [-0.4, -0.2) is 56.8 Å². The van der Waals surface area contributed by atoms with E-state index in [9.17, 15) is 17.6 Å². The van der Waals surface area contributed by atoms with E-state index in [1.165, 1.54) is 12.1 Å². The highest BCUT2D eigenvalue weighted by atomic mass is 19.4. The van der Waals surface area contributed by atoms with E-state index in [1.54, 1.807) is 0 Å². The Balaban J connectivity index is 1.32. The summed E-state index contributed by atoms with van der Waals surface area (Å²) >= 11 is 0. The first kappa shape index (κ1) is 23.4. The topological polar surface area (TPSA) is 44.5 Å². The molecule has 3 aromatic rings. The molecule has 0 saturated carbocycles. The van der Waals surface area contributed by atoms with Gasteiger partial charge in [-0.2, -0.15) is 17.6 Å². The zero-order valence-corrected chi connectivity index (χ0v) is 18.3. The average molecular weight is 462 g/mol. The number of alkyl halides is 4. The molecule has 2 heterocycles. The Hall–Kier alpha value is -2.75. The average Bonchev–Trinajstić information content (AvgIpc) is 3.19. The summed E-state index contributed by atoms with van der Waals surface area (Å²) in [6.07, 6.45) is -1.54. The maximum Gasteiger partial charge on any atom is 0.453 e. The van der Waals surface area contributed by atoms with Crippen LogP contribution < -0.4 is 0 Å². The zero-order valence-electron chi connectivity index (χ0n) is 18.3. The predicted molar refractivity (Wildman–Crippen MR) is 117 cm³/mol. The van der Waals surface area contributed by atoms with Crippen molar-refractivity contribution in [2.24, 2.45) is 7.05 Å². The van der Waals surface area contributed by atoms with Crippen LogP contribution in [0.2, 0.25) is 0 Å². The summed E-state index contributed by atoms with van der Waals surface area (Å²) < 4.78 is 53.6. The fraction of sp³-hybridized carbons (Fsp3) is 0.375. The Morgan fingerprint density at radius 2 is 1.33 bits per heavy atom. The van der Waals surface area contributed by atoms with E-state index < -0.39 is 17.6 Å². The van der Waals surface area contributed by atoms with Crippen molar-refractivity contribution in [3.05, 3.63) is 77.9 Å². The van der Waals surface area contributed by atoms with E-state index in [1.807, 2.05) is 48.4 Å². The molecule has 0 amide bonds. The third-order valence-corrected chi connectivity index (χ3v) is 5.95. The number of aryl methyl sites for hydroxylation is 1. The van der Waals surface area contributed by atoms with Crippen molar-refractivity contribution in [3.63, 3.8) is 0 Å². The van der Waals surface area contributed by atoms with Gasteiger partial charge in [-0.1, -0.05) is 48.5 Å². The lowest BCUT2D eigenvalue weighted by Crippen LogP contribution is -2.45. The lowest BCUT2D eigenvalue weighted by Gasteiger charge is -2.34. The van der Waals surface area contributed by atoms with Gasteiger partial charge in [0.1, 0.15) is 0 Å². The summed E-state index contributed by atoms with van der Waals surface area (Å²) in [6.45, 7) is 5.53. The predicted octanol–water partition coefficient (Wildman–Crippen LogP) is 4.08. The molecule has 0 bridgehead atoms. The molecule has 9 heteroatoms. The molecule has 1 aliphatic heterocycles. The highest BCUT2D eigenvalue weighted by molar-refractivity contribution is 5.64. The molecule has 2 aromatic carbocycles. The number of aromatic nitrogens is 2. The van der Waals surface area contributed by atoms with E-state index in [0.717, 1.165) is 68.2 Å². The van der Waals surface area contributed by atoms with E-state index in [-0.39, 0.29) is 0 Å².